The van der Waals surface area contributed by atoms with Gasteiger partial charge in [0.05, 0.1) is 4.90 Å². The molecule has 5 nitrogen and oxygen atoms in total. The van der Waals surface area contributed by atoms with Gasteiger partial charge in [-0.3, -0.25) is 4.79 Å². The molecule has 0 saturated heterocycles. The Balaban J connectivity index is 1.76. The lowest BCUT2D eigenvalue weighted by Crippen LogP contribution is -2.34. The van der Waals surface area contributed by atoms with E-state index in [1.165, 1.54) is 7.05 Å². The van der Waals surface area contributed by atoms with Gasteiger partial charge in [-0.25, -0.2) is 8.42 Å². The van der Waals surface area contributed by atoms with Crippen LogP contribution >= 0.6 is 0 Å². The van der Waals surface area contributed by atoms with Crippen molar-refractivity contribution in [1.82, 2.24) is 4.31 Å². The van der Waals surface area contributed by atoms with E-state index in [0.717, 1.165) is 26.2 Å². The van der Waals surface area contributed by atoms with Gasteiger partial charge in [0.25, 0.3) is 0 Å². The van der Waals surface area contributed by atoms with Crippen LogP contribution in [-0.4, -0.2) is 32.3 Å². The first-order valence-electron chi connectivity index (χ1n) is 8.50. The third-order valence-electron chi connectivity index (χ3n) is 4.34. The summed E-state index contributed by atoms with van der Waals surface area (Å²) < 4.78 is 31.9. The topological polar surface area (TPSA) is 63.7 Å². The Hall–Kier alpha value is -2.70. The summed E-state index contributed by atoms with van der Waals surface area (Å²) in [6.45, 7) is 3.41. The monoisotopic (exact) mass is 383 g/mol. The molecule has 0 unspecified atom stereocenters. The number of benzene rings is 3. The molecule has 0 fully saturated rings. The quantitative estimate of drug-likeness (QED) is 0.498. The number of hydrogen-bond acceptors (Lipinski definition) is 4. The molecule has 0 N–H and O–H groups in total. The molecule has 140 valence electrons. The Morgan fingerprint density at radius 2 is 1.67 bits per heavy atom. The van der Waals surface area contributed by atoms with Crippen molar-refractivity contribution in [3.8, 4) is 5.75 Å². The molecule has 0 spiro atoms. The second-order valence-corrected chi connectivity index (χ2v) is 8.56. The molecular formula is C21H21NO4S. The standard InChI is InChI=1S/C21H21NO4S/c1-15-8-11-20(16(2)12-15)26-21(23)14-22(3)27(24,25)19-10-9-17-6-4-5-7-18(17)13-19/h4-13H,14H2,1-3H3. The van der Waals surface area contributed by atoms with Crippen LogP contribution in [0.4, 0.5) is 0 Å². The number of likely N-dealkylation sites (N-methyl/N-ethyl adjacent to an activating group) is 1. The zero-order valence-corrected chi connectivity index (χ0v) is 16.3. The molecule has 3 aromatic rings. The van der Waals surface area contributed by atoms with Gasteiger partial charge in [-0.05, 0) is 48.4 Å². The zero-order chi connectivity index (χ0) is 19.6. The molecule has 0 heterocycles. The number of rotatable bonds is 5. The Morgan fingerprint density at radius 1 is 0.963 bits per heavy atom. The molecule has 3 aromatic carbocycles. The minimum absolute atomic E-state index is 0.142. The highest BCUT2D eigenvalue weighted by atomic mass is 32.2. The van der Waals surface area contributed by atoms with E-state index in [0.29, 0.717) is 5.75 Å². The van der Waals surface area contributed by atoms with Crippen molar-refractivity contribution in [2.24, 2.45) is 0 Å². The van der Waals surface area contributed by atoms with Crippen LogP contribution in [-0.2, 0) is 14.8 Å². The van der Waals surface area contributed by atoms with Crippen molar-refractivity contribution >= 4 is 26.8 Å². The molecule has 0 aromatic heterocycles. The maximum absolute atomic E-state index is 12.8. The van der Waals surface area contributed by atoms with Crippen molar-refractivity contribution in [2.45, 2.75) is 18.7 Å². The smallest absolute Gasteiger partial charge is 0.326 e. The fraction of sp³-hybridized carbons (Fsp3) is 0.190. The number of fused-ring (bicyclic) bond motifs is 1. The molecule has 0 aliphatic rings. The summed E-state index contributed by atoms with van der Waals surface area (Å²) in [4.78, 5) is 12.4. The summed E-state index contributed by atoms with van der Waals surface area (Å²) >= 11 is 0. The number of sulfonamides is 1. The highest BCUT2D eigenvalue weighted by Gasteiger charge is 2.24. The molecule has 3 rings (SSSR count). The van der Waals surface area contributed by atoms with Crippen molar-refractivity contribution < 1.29 is 17.9 Å². The maximum Gasteiger partial charge on any atom is 0.326 e. The van der Waals surface area contributed by atoms with Crippen LogP contribution in [0.3, 0.4) is 0 Å². The average Bonchev–Trinajstić information content (AvgIpc) is 2.63. The summed E-state index contributed by atoms with van der Waals surface area (Å²) in [6.07, 6.45) is 0. The van der Waals surface area contributed by atoms with Crippen LogP contribution < -0.4 is 4.74 Å². The minimum atomic E-state index is -3.80. The van der Waals surface area contributed by atoms with Gasteiger partial charge >= 0.3 is 5.97 Å². The van der Waals surface area contributed by atoms with Crippen LogP contribution in [0.1, 0.15) is 11.1 Å². The second kappa shape index (κ2) is 7.50. The number of carbonyl (C=O) groups is 1. The van der Waals surface area contributed by atoms with E-state index < -0.39 is 16.0 Å². The summed E-state index contributed by atoms with van der Waals surface area (Å²) in [7, 11) is -2.43. The van der Waals surface area contributed by atoms with Gasteiger partial charge in [0.1, 0.15) is 12.3 Å². The number of ether oxygens (including phenoxy) is 1. The molecule has 0 aliphatic carbocycles. The molecule has 0 aliphatic heterocycles. The number of hydrogen-bond donors (Lipinski definition) is 0. The zero-order valence-electron chi connectivity index (χ0n) is 15.5. The molecular weight excluding hydrogens is 362 g/mol. The molecule has 6 heteroatoms. The third kappa shape index (κ3) is 4.18. The highest BCUT2D eigenvalue weighted by Crippen LogP contribution is 2.22. The lowest BCUT2D eigenvalue weighted by atomic mass is 10.1. The van der Waals surface area contributed by atoms with Crippen LogP contribution in [0, 0.1) is 13.8 Å². The predicted octanol–water partition coefficient (Wildman–Crippen LogP) is 3.68. The van der Waals surface area contributed by atoms with Gasteiger partial charge in [0.2, 0.25) is 10.0 Å². The van der Waals surface area contributed by atoms with Crippen LogP contribution in [0.2, 0.25) is 0 Å². The van der Waals surface area contributed by atoms with Crippen molar-refractivity contribution in [2.75, 3.05) is 13.6 Å². The summed E-state index contributed by atoms with van der Waals surface area (Å²) in [6, 6.07) is 17.9. The van der Waals surface area contributed by atoms with Crippen LogP contribution in [0.25, 0.3) is 10.8 Å². The van der Waals surface area contributed by atoms with Gasteiger partial charge in [-0.15, -0.1) is 0 Å². The number of carbonyl (C=O) groups excluding carboxylic acids is 1. The number of nitrogens with zero attached hydrogens (tertiary/aromatic N) is 1. The average molecular weight is 383 g/mol. The maximum atomic E-state index is 12.8. The minimum Gasteiger partial charge on any atom is -0.425 e. The molecule has 0 saturated carbocycles. The lowest BCUT2D eigenvalue weighted by molar-refractivity contribution is -0.134. The van der Waals surface area contributed by atoms with Crippen molar-refractivity contribution in [3.05, 3.63) is 71.8 Å². The lowest BCUT2D eigenvalue weighted by Gasteiger charge is -2.17. The largest absolute Gasteiger partial charge is 0.425 e. The van der Waals surface area contributed by atoms with Crippen LogP contribution in [0.5, 0.6) is 5.75 Å². The molecule has 0 radical (unpaired) electrons. The van der Waals surface area contributed by atoms with Gasteiger partial charge in [-0.2, -0.15) is 4.31 Å². The predicted molar refractivity (Wildman–Crippen MR) is 105 cm³/mol. The van der Waals surface area contributed by atoms with E-state index >= 15 is 0 Å². The van der Waals surface area contributed by atoms with Gasteiger partial charge in [-0.1, -0.05) is 48.0 Å². The third-order valence-corrected chi connectivity index (χ3v) is 6.13. The van der Waals surface area contributed by atoms with Gasteiger partial charge in [0, 0.05) is 7.05 Å². The van der Waals surface area contributed by atoms with Crippen molar-refractivity contribution in [3.63, 3.8) is 0 Å². The summed E-state index contributed by atoms with van der Waals surface area (Å²) in [5.41, 5.74) is 1.88. The molecule has 0 atom stereocenters. The highest BCUT2D eigenvalue weighted by molar-refractivity contribution is 7.89. The van der Waals surface area contributed by atoms with E-state index in [1.807, 2.05) is 50.2 Å². The van der Waals surface area contributed by atoms with E-state index in [4.69, 9.17) is 4.74 Å². The second-order valence-electron chi connectivity index (χ2n) is 6.51. The Kier molecular flexibility index (Phi) is 5.30. The van der Waals surface area contributed by atoms with E-state index in [9.17, 15) is 13.2 Å². The molecule has 0 amide bonds. The number of aryl methyl sites for hydroxylation is 2. The Bertz CT molecular complexity index is 1110. The fourth-order valence-corrected chi connectivity index (χ4v) is 3.99. The van der Waals surface area contributed by atoms with Gasteiger partial charge < -0.3 is 4.74 Å². The Morgan fingerprint density at radius 3 is 2.37 bits per heavy atom. The fourth-order valence-electron chi connectivity index (χ4n) is 2.84. The summed E-state index contributed by atoms with van der Waals surface area (Å²) in [5, 5.41) is 1.78. The first-order valence-corrected chi connectivity index (χ1v) is 9.94. The molecule has 27 heavy (non-hydrogen) atoms. The van der Waals surface area contributed by atoms with E-state index in [-0.39, 0.29) is 11.4 Å². The first kappa shape index (κ1) is 19.1. The van der Waals surface area contributed by atoms with E-state index in [2.05, 4.69) is 0 Å². The summed E-state index contributed by atoms with van der Waals surface area (Å²) in [5.74, 6) is -0.198. The Labute approximate surface area is 159 Å². The molecule has 0 bridgehead atoms. The van der Waals surface area contributed by atoms with Gasteiger partial charge in [0.15, 0.2) is 0 Å². The SMILES string of the molecule is Cc1ccc(OC(=O)CN(C)S(=O)(=O)c2ccc3ccccc3c2)c(C)c1. The normalized spacial score (nSPS) is 11.7. The van der Waals surface area contributed by atoms with E-state index in [1.54, 1.807) is 24.3 Å². The number of esters is 1. The van der Waals surface area contributed by atoms with Crippen molar-refractivity contribution in [1.29, 1.82) is 0 Å². The first-order chi connectivity index (χ1) is 12.8. The van der Waals surface area contributed by atoms with Crippen LogP contribution in [0.15, 0.2) is 65.6 Å².